The third-order valence-corrected chi connectivity index (χ3v) is 4.55. The summed E-state index contributed by atoms with van der Waals surface area (Å²) in [6, 6.07) is 16.0. The van der Waals surface area contributed by atoms with Gasteiger partial charge in [-0.25, -0.2) is 0 Å². The first-order valence-electron chi connectivity index (χ1n) is 8.84. The van der Waals surface area contributed by atoms with Crippen molar-refractivity contribution >= 4 is 23.4 Å². The molecule has 1 aliphatic rings. The van der Waals surface area contributed by atoms with E-state index in [0.717, 1.165) is 16.3 Å². The highest BCUT2D eigenvalue weighted by Crippen LogP contribution is 2.19. The first kappa shape index (κ1) is 21.3. The van der Waals surface area contributed by atoms with E-state index in [9.17, 15) is 0 Å². The predicted octanol–water partition coefficient (Wildman–Crippen LogP) is 6.43. The summed E-state index contributed by atoms with van der Waals surface area (Å²) in [5, 5.41) is 0.796. The Kier molecular flexibility index (Phi) is 9.98. The number of halogens is 1. The zero-order valence-electron chi connectivity index (χ0n) is 15.7. The van der Waals surface area contributed by atoms with Crippen molar-refractivity contribution in [2.45, 2.75) is 38.6 Å². The number of nitrogens with zero attached hydrogens (tertiary/aromatic N) is 1. The van der Waals surface area contributed by atoms with Crippen molar-refractivity contribution in [2.75, 3.05) is 19.8 Å². The number of rotatable bonds is 3. The number of nitrogens with two attached hydrogens (primary N) is 1. The van der Waals surface area contributed by atoms with Crippen LogP contribution in [0.1, 0.15) is 49.8 Å². The summed E-state index contributed by atoms with van der Waals surface area (Å²) in [4.78, 5) is 2.17. The molecule has 2 nitrogen and oxygen atoms in total. The monoisotopic (exact) mass is 358 g/mol. The van der Waals surface area contributed by atoms with Crippen molar-refractivity contribution in [1.29, 1.82) is 0 Å². The quantitative estimate of drug-likeness (QED) is 0.640. The molecule has 25 heavy (non-hydrogen) atoms. The van der Waals surface area contributed by atoms with Crippen molar-refractivity contribution in [2.24, 2.45) is 0 Å². The van der Waals surface area contributed by atoms with Crippen LogP contribution in [-0.4, -0.2) is 19.0 Å². The molecule has 136 valence electrons. The van der Waals surface area contributed by atoms with Crippen LogP contribution >= 0.6 is 11.6 Å². The average molecular weight is 359 g/mol. The van der Waals surface area contributed by atoms with Gasteiger partial charge in [-0.05, 0) is 56.4 Å². The molecule has 2 aromatic carbocycles. The van der Waals surface area contributed by atoms with Crippen molar-refractivity contribution in [3.63, 3.8) is 0 Å². The zero-order chi connectivity index (χ0) is 18.7. The van der Waals surface area contributed by atoms with E-state index in [2.05, 4.69) is 44.6 Å². The van der Waals surface area contributed by atoms with Gasteiger partial charge in [0.15, 0.2) is 0 Å². The molecule has 3 rings (SSSR count). The van der Waals surface area contributed by atoms with Gasteiger partial charge in [-0.15, -0.1) is 0 Å². The Bertz CT molecular complexity index is 595. The lowest BCUT2D eigenvalue weighted by atomic mass is 10.0. The van der Waals surface area contributed by atoms with Crippen molar-refractivity contribution in [3.8, 4) is 0 Å². The van der Waals surface area contributed by atoms with E-state index in [1.165, 1.54) is 31.2 Å². The molecular weight excluding hydrogens is 328 g/mol. The molecule has 1 saturated carbocycles. The molecule has 0 bridgehead atoms. The van der Waals surface area contributed by atoms with Crippen LogP contribution in [0.4, 0.5) is 5.69 Å². The number of anilines is 1. The van der Waals surface area contributed by atoms with Gasteiger partial charge in [0, 0.05) is 16.8 Å². The van der Waals surface area contributed by atoms with Gasteiger partial charge in [0.05, 0.1) is 0 Å². The van der Waals surface area contributed by atoms with Gasteiger partial charge in [0.1, 0.15) is 0 Å². The second kappa shape index (κ2) is 11.7. The smallest absolute Gasteiger partial charge is 0.0406 e. The minimum atomic E-state index is 0.447. The van der Waals surface area contributed by atoms with Crippen LogP contribution in [0, 0.1) is 0 Å². The molecule has 1 unspecified atom stereocenters. The maximum Gasteiger partial charge on any atom is 0.0406 e. The van der Waals surface area contributed by atoms with Crippen LogP contribution in [0.2, 0.25) is 5.02 Å². The van der Waals surface area contributed by atoms with E-state index < -0.39 is 0 Å². The second-order valence-electron chi connectivity index (χ2n) is 6.48. The van der Waals surface area contributed by atoms with Gasteiger partial charge in [-0.2, -0.15) is 0 Å². The van der Waals surface area contributed by atoms with Crippen molar-refractivity contribution in [3.05, 3.63) is 71.3 Å². The van der Waals surface area contributed by atoms with E-state index in [1.54, 1.807) is 6.08 Å². The molecule has 0 saturated heterocycles. The van der Waals surface area contributed by atoms with Gasteiger partial charge >= 0.3 is 0 Å². The average Bonchev–Trinajstić information content (AvgIpc) is 2.54. The molecule has 0 amide bonds. The summed E-state index contributed by atoms with van der Waals surface area (Å²) >= 11 is 5.78. The molecule has 3 heteroatoms. The van der Waals surface area contributed by atoms with Gasteiger partial charge in [-0.3, -0.25) is 0 Å². The Morgan fingerprint density at radius 3 is 1.80 bits per heavy atom. The third-order valence-electron chi connectivity index (χ3n) is 4.30. The summed E-state index contributed by atoms with van der Waals surface area (Å²) in [5.41, 5.74) is 8.64. The fraction of sp³-hybridized carbons (Fsp3) is 0.364. The molecule has 0 spiro atoms. The first-order valence-corrected chi connectivity index (χ1v) is 9.21. The molecule has 2 aromatic rings. The number of nitrogen functional groups attached to an aromatic ring is 1. The SMILES string of the molecule is C1CCC1.C=Cc1ccc(N)cc1.CC(c1ccc(Cl)cc1)N(C)C. The molecule has 1 atom stereocenters. The van der Waals surface area contributed by atoms with Crippen LogP contribution in [0.15, 0.2) is 55.1 Å². The maximum absolute atomic E-state index is 5.78. The van der Waals surface area contributed by atoms with E-state index in [-0.39, 0.29) is 0 Å². The Balaban J connectivity index is 0.000000210. The van der Waals surface area contributed by atoms with Crippen LogP contribution in [-0.2, 0) is 0 Å². The molecule has 0 heterocycles. The predicted molar refractivity (Wildman–Crippen MR) is 113 cm³/mol. The lowest BCUT2D eigenvalue weighted by Gasteiger charge is -2.19. The van der Waals surface area contributed by atoms with E-state index >= 15 is 0 Å². The molecule has 1 fully saturated rings. The van der Waals surface area contributed by atoms with Crippen molar-refractivity contribution in [1.82, 2.24) is 4.90 Å². The number of hydrogen-bond acceptors (Lipinski definition) is 2. The minimum Gasteiger partial charge on any atom is -0.399 e. The van der Waals surface area contributed by atoms with E-state index in [4.69, 9.17) is 17.3 Å². The second-order valence-corrected chi connectivity index (χ2v) is 6.91. The largest absolute Gasteiger partial charge is 0.399 e. The van der Waals surface area contributed by atoms with Crippen LogP contribution < -0.4 is 5.73 Å². The van der Waals surface area contributed by atoms with Gasteiger partial charge < -0.3 is 10.6 Å². The fourth-order valence-corrected chi connectivity index (χ4v) is 2.05. The molecule has 0 aromatic heterocycles. The van der Waals surface area contributed by atoms with Crippen LogP contribution in [0.5, 0.6) is 0 Å². The number of hydrogen-bond donors (Lipinski definition) is 1. The molecule has 0 aliphatic heterocycles. The standard InChI is InChI=1S/C10H14ClN.C8H9N.C4H8/c1-8(12(2)3)9-4-6-10(11)7-5-9;1-2-7-3-5-8(9)6-4-7;1-2-4-3-1/h4-8H,1-3H3;2-6H,1,9H2;1-4H2. The molecule has 2 N–H and O–H groups in total. The van der Waals surface area contributed by atoms with Gasteiger partial charge in [0.2, 0.25) is 0 Å². The maximum atomic E-state index is 5.78. The Labute approximate surface area is 158 Å². The van der Waals surface area contributed by atoms with Crippen LogP contribution in [0.25, 0.3) is 6.08 Å². The lowest BCUT2D eigenvalue weighted by Crippen LogP contribution is -2.16. The number of benzene rings is 2. The molecule has 1 aliphatic carbocycles. The zero-order valence-corrected chi connectivity index (χ0v) is 16.5. The van der Waals surface area contributed by atoms with Crippen LogP contribution in [0.3, 0.4) is 0 Å². The molecule has 0 radical (unpaired) electrons. The van der Waals surface area contributed by atoms with Gasteiger partial charge in [0.25, 0.3) is 0 Å². The Morgan fingerprint density at radius 2 is 1.44 bits per heavy atom. The summed E-state index contributed by atoms with van der Waals surface area (Å²) in [6.07, 6.45) is 7.79. The van der Waals surface area contributed by atoms with E-state index in [1.807, 2.05) is 36.4 Å². The fourth-order valence-electron chi connectivity index (χ4n) is 1.92. The molecular formula is C22H31ClN2. The third kappa shape index (κ3) is 8.76. The van der Waals surface area contributed by atoms with E-state index in [0.29, 0.717) is 6.04 Å². The van der Waals surface area contributed by atoms with Crippen molar-refractivity contribution < 1.29 is 0 Å². The highest BCUT2D eigenvalue weighted by atomic mass is 35.5. The summed E-state index contributed by atoms with van der Waals surface area (Å²) in [5.74, 6) is 0. The topological polar surface area (TPSA) is 29.3 Å². The summed E-state index contributed by atoms with van der Waals surface area (Å²) in [6.45, 7) is 5.79. The summed E-state index contributed by atoms with van der Waals surface area (Å²) in [7, 11) is 4.14. The summed E-state index contributed by atoms with van der Waals surface area (Å²) < 4.78 is 0. The Hall–Kier alpha value is -1.77. The minimum absolute atomic E-state index is 0.447. The van der Waals surface area contributed by atoms with Gasteiger partial charge in [-0.1, -0.05) is 74.2 Å². The first-order chi connectivity index (χ1) is 11.9. The Morgan fingerprint density at radius 1 is 0.960 bits per heavy atom. The highest BCUT2D eigenvalue weighted by molar-refractivity contribution is 6.30. The normalized spacial score (nSPS) is 13.5. The highest BCUT2D eigenvalue weighted by Gasteiger charge is 2.06. The lowest BCUT2D eigenvalue weighted by molar-refractivity contribution is 0.321.